The highest BCUT2D eigenvalue weighted by molar-refractivity contribution is 6.01. The van der Waals surface area contributed by atoms with Crippen LogP contribution in [-0.2, 0) is 12.8 Å². The molecule has 4 nitrogen and oxygen atoms in total. The first-order valence-corrected chi connectivity index (χ1v) is 9.29. The van der Waals surface area contributed by atoms with E-state index in [1.54, 1.807) is 17.0 Å². The monoisotopic (exact) mass is 349 g/mol. The molecule has 2 aromatic rings. The van der Waals surface area contributed by atoms with Crippen molar-refractivity contribution in [2.45, 2.75) is 31.8 Å². The number of aliphatic hydroxyl groups is 1. The topological polar surface area (TPSA) is 57.6 Å². The molecule has 1 N–H and O–H groups in total. The van der Waals surface area contributed by atoms with Crippen LogP contribution in [-0.4, -0.2) is 40.9 Å². The molecule has 1 heterocycles. The van der Waals surface area contributed by atoms with Gasteiger partial charge in [-0.05, 0) is 42.5 Å². The van der Waals surface area contributed by atoms with E-state index >= 15 is 0 Å². The Kier molecular flexibility index (Phi) is 4.60. The largest absolute Gasteiger partial charge is 0.391 e. The number of ketones is 1. The average molecular weight is 349 g/mol. The van der Waals surface area contributed by atoms with Gasteiger partial charge in [0.25, 0.3) is 5.91 Å². The number of Topliss-reactive ketones (excluding diaryl/α,β-unsaturated/α-hetero) is 1. The number of likely N-dealkylation sites (tertiary alicyclic amines) is 1. The van der Waals surface area contributed by atoms with Gasteiger partial charge in [-0.15, -0.1) is 0 Å². The predicted molar refractivity (Wildman–Crippen MR) is 99.3 cm³/mol. The summed E-state index contributed by atoms with van der Waals surface area (Å²) in [4.78, 5) is 26.6. The second-order valence-corrected chi connectivity index (χ2v) is 7.38. The van der Waals surface area contributed by atoms with E-state index < -0.39 is 6.10 Å². The number of β-amino-alcohol motifs (C(OH)–C–C–N with tert-alkyl or cyclic N) is 1. The first-order chi connectivity index (χ1) is 12.6. The summed E-state index contributed by atoms with van der Waals surface area (Å²) >= 11 is 0. The van der Waals surface area contributed by atoms with Crippen LogP contribution in [0.25, 0.3) is 0 Å². The van der Waals surface area contributed by atoms with Gasteiger partial charge in [0.15, 0.2) is 5.78 Å². The van der Waals surface area contributed by atoms with Gasteiger partial charge >= 0.3 is 0 Å². The zero-order chi connectivity index (χ0) is 18.1. The fourth-order valence-corrected chi connectivity index (χ4v) is 4.10. The van der Waals surface area contributed by atoms with Crippen LogP contribution in [0.4, 0.5) is 0 Å². The summed E-state index contributed by atoms with van der Waals surface area (Å²) in [6.07, 6.45) is 2.56. The van der Waals surface area contributed by atoms with Crippen molar-refractivity contribution in [3.05, 3.63) is 70.8 Å². The minimum absolute atomic E-state index is 0.0552. The molecule has 1 fully saturated rings. The van der Waals surface area contributed by atoms with Gasteiger partial charge in [0, 0.05) is 36.6 Å². The van der Waals surface area contributed by atoms with E-state index in [0.29, 0.717) is 25.1 Å². The maximum atomic E-state index is 12.9. The van der Waals surface area contributed by atoms with Gasteiger partial charge in [-0.3, -0.25) is 9.59 Å². The van der Waals surface area contributed by atoms with Crippen molar-refractivity contribution in [2.24, 2.45) is 5.92 Å². The maximum absolute atomic E-state index is 12.9. The van der Waals surface area contributed by atoms with Crippen molar-refractivity contribution in [1.29, 1.82) is 0 Å². The van der Waals surface area contributed by atoms with Crippen molar-refractivity contribution in [1.82, 2.24) is 4.90 Å². The van der Waals surface area contributed by atoms with Crippen LogP contribution in [0.2, 0.25) is 0 Å². The Morgan fingerprint density at radius 3 is 2.69 bits per heavy atom. The Hall–Kier alpha value is -2.46. The third-order valence-electron chi connectivity index (χ3n) is 5.54. The normalized spacial score (nSPS) is 22.3. The van der Waals surface area contributed by atoms with Crippen LogP contribution in [0.1, 0.15) is 44.7 Å². The molecule has 0 aromatic heterocycles. The van der Waals surface area contributed by atoms with Crippen LogP contribution in [0.15, 0.2) is 48.5 Å². The van der Waals surface area contributed by atoms with Gasteiger partial charge in [-0.1, -0.05) is 36.4 Å². The molecule has 1 amide bonds. The Balaban J connectivity index is 1.48. The molecule has 1 aliphatic heterocycles. The summed E-state index contributed by atoms with van der Waals surface area (Å²) in [5.41, 5.74) is 3.54. The van der Waals surface area contributed by atoms with Gasteiger partial charge in [0.05, 0.1) is 6.10 Å². The minimum atomic E-state index is -0.502. The number of benzene rings is 2. The molecule has 26 heavy (non-hydrogen) atoms. The highest BCUT2D eigenvalue weighted by Crippen LogP contribution is 2.26. The van der Waals surface area contributed by atoms with Crippen molar-refractivity contribution in [3.8, 4) is 0 Å². The fourth-order valence-electron chi connectivity index (χ4n) is 4.10. The van der Waals surface area contributed by atoms with Crippen molar-refractivity contribution in [2.75, 3.05) is 13.1 Å². The van der Waals surface area contributed by atoms with Crippen molar-refractivity contribution >= 4 is 11.7 Å². The number of carbonyl (C=O) groups excluding carboxylic acids is 2. The summed E-state index contributed by atoms with van der Waals surface area (Å²) in [5.74, 6) is 0.172. The third-order valence-corrected chi connectivity index (χ3v) is 5.54. The molecule has 2 aromatic carbocycles. The quantitative estimate of drug-likeness (QED) is 0.927. The van der Waals surface area contributed by atoms with Gasteiger partial charge < -0.3 is 10.0 Å². The van der Waals surface area contributed by atoms with Crippen molar-refractivity contribution in [3.63, 3.8) is 0 Å². The van der Waals surface area contributed by atoms with Crippen LogP contribution >= 0.6 is 0 Å². The minimum Gasteiger partial charge on any atom is -0.391 e. The van der Waals surface area contributed by atoms with Crippen LogP contribution in [0, 0.1) is 5.92 Å². The van der Waals surface area contributed by atoms with Crippen LogP contribution in [0.5, 0.6) is 0 Å². The second kappa shape index (κ2) is 7.04. The average Bonchev–Trinajstić information content (AvgIpc) is 3.02. The van der Waals surface area contributed by atoms with Gasteiger partial charge in [0.2, 0.25) is 0 Å². The Bertz CT molecular complexity index is 831. The molecule has 1 aliphatic carbocycles. The smallest absolute Gasteiger partial charge is 0.253 e. The Labute approximate surface area is 153 Å². The zero-order valence-electron chi connectivity index (χ0n) is 14.7. The molecule has 0 bridgehead atoms. The first-order valence-electron chi connectivity index (χ1n) is 9.29. The third kappa shape index (κ3) is 3.29. The highest BCUT2D eigenvalue weighted by atomic mass is 16.3. The van der Waals surface area contributed by atoms with E-state index in [0.717, 1.165) is 30.4 Å². The predicted octanol–water partition coefficient (Wildman–Crippen LogP) is 2.88. The SMILES string of the molecule is O=C1CCCc2cc(C(=O)N3C[C@@H](Cc4ccccc4)[C@H](O)C3)ccc21. The van der Waals surface area contributed by atoms with E-state index in [1.165, 1.54) is 5.56 Å². The number of carbonyl (C=O) groups is 2. The number of nitrogens with zero attached hydrogens (tertiary/aromatic N) is 1. The molecule has 134 valence electrons. The van der Waals surface area contributed by atoms with E-state index in [2.05, 4.69) is 12.1 Å². The number of amides is 1. The van der Waals surface area contributed by atoms with E-state index in [-0.39, 0.29) is 17.6 Å². The van der Waals surface area contributed by atoms with E-state index in [1.807, 2.05) is 24.3 Å². The van der Waals surface area contributed by atoms with Crippen LogP contribution < -0.4 is 0 Å². The molecule has 2 atom stereocenters. The molecule has 0 spiro atoms. The van der Waals surface area contributed by atoms with E-state index in [4.69, 9.17) is 0 Å². The zero-order valence-corrected chi connectivity index (χ0v) is 14.7. The maximum Gasteiger partial charge on any atom is 0.253 e. The van der Waals surface area contributed by atoms with Gasteiger partial charge in [0.1, 0.15) is 0 Å². The lowest BCUT2D eigenvalue weighted by atomic mass is 9.89. The number of hydrogen-bond acceptors (Lipinski definition) is 3. The number of rotatable bonds is 3. The first kappa shape index (κ1) is 17.0. The molecule has 1 saturated heterocycles. The lowest BCUT2D eigenvalue weighted by Crippen LogP contribution is -2.30. The number of aliphatic hydroxyl groups excluding tert-OH is 1. The highest BCUT2D eigenvalue weighted by Gasteiger charge is 2.34. The molecule has 0 saturated carbocycles. The van der Waals surface area contributed by atoms with Crippen LogP contribution in [0.3, 0.4) is 0 Å². The van der Waals surface area contributed by atoms with Gasteiger partial charge in [-0.2, -0.15) is 0 Å². The number of fused-ring (bicyclic) bond motifs is 1. The molecule has 2 aliphatic rings. The number of hydrogen-bond donors (Lipinski definition) is 1. The van der Waals surface area contributed by atoms with Crippen molar-refractivity contribution < 1.29 is 14.7 Å². The lowest BCUT2D eigenvalue weighted by Gasteiger charge is -2.19. The summed E-state index contributed by atoms with van der Waals surface area (Å²) < 4.78 is 0. The molecular formula is C22H23NO3. The summed E-state index contributed by atoms with van der Waals surface area (Å²) in [6, 6.07) is 15.5. The molecule has 0 radical (unpaired) electrons. The standard InChI is InChI=1S/C22H23NO3/c24-20-8-4-7-16-12-17(9-10-19(16)20)22(26)23-13-18(21(25)14-23)11-15-5-2-1-3-6-15/h1-3,5-6,9-10,12,18,21,25H,4,7-8,11,13-14H2/t18-,21-/m1/s1. The summed E-state index contributed by atoms with van der Waals surface area (Å²) in [5, 5.41) is 10.4. The molecule has 0 unspecified atom stereocenters. The second-order valence-electron chi connectivity index (χ2n) is 7.38. The molecule has 4 rings (SSSR count). The molecular weight excluding hydrogens is 326 g/mol. The number of aryl methyl sites for hydroxylation is 1. The van der Waals surface area contributed by atoms with E-state index in [9.17, 15) is 14.7 Å². The molecule has 4 heteroatoms. The summed E-state index contributed by atoms with van der Waals surface area (Å²) in [7, 11) is 0. The lowest BCUT2D eigenvalue weighted by molar-refractivity contribution is 0.0764. The van der Waals surface area contributed by atoms with Gasteiger partial charge in [-0.25, -0.2) is 0 Å². The summed E-state index contributed by atoms with van der Waals surface area (Å²) in [6.45, 7) is 0.928. The Morgan fingerprint density at radius 1 is 1.08 bits per heavy atom. The Morgan fingerprint density at radius 2 is 1.88 bits per heavy atom. The fraction of sp³-hybridized carbons (Fsp3) is 0.364.